The molecule has 0 spiro atoms. The normalized spacial score (nSPS) is 23.2. The number of rotatable bonds is 5. The van der Waals surface area contributed by atoms with Crippen LogP contribution in [0.1, 0.15) is 12.0 Å². The van der Waals surface area contributed by atoms with Gasteiger partial charge in [-0.1, -0.05) is 12.1 Å². The molecule has 2 heterocycles. The van der Waals surface area contributed by atoms with Crippen molar-refractivity contribution in [1.29, 1.82) is 0 Å². The largest absolute Gasteiger partial charge is 0.390 e. The number of nitrogens with zero attached hydrogens (tertiary/aromatic N) is 4. The van der Waals surface area contributed by atoms with E-state index in [1.54, 1.807) is 0 Å². The highest BCUT2D eigenvalue weighted by Crippen LogP contribution is 2.20. The van der Waals surface area contributed by atoms with Gasteiger partial charge in [-0.15, -0.1) is 0 Å². The zero-order valence-corrected chi connectivity index (χ0v) is 14.4. The van der Waals surface area contributed by atoms with Crippen molar-refractivity contribution >= 4 is 21.2 Å². The third-order valence-corrected chi connectivity index (χ3v) is 5.77. The fraction of sp³-hybridized carbons (Fsp3) is 0.571. The minimum absolute atomic E-state index is 0.377. The van der Waals surface area contributed by atoms with Gasteiger partial charge in [-0.2, -0.15) is 17.4 Å². The van der Waals surface area contributed by atoms with Gasteiger partial charge in [-0.3, -0.25) is 4.90 Å². The second-order valence-electron chi connectivity index (χ2n) is 6.15. The molecule has 0 aliphatic carbocycles. The monoisotopic (exact) mass is 355 g/mol. The lowest BCUT2D eigenvalue weighted by atomic mass is 10.0. The van der Waals surface area contributed by atoms with Crippen molar-refractivity contribution in [2.75, 3.05) is 27.2 Å². The summed E-state index contributed by atoms with van der Waals surface area (Å²) >= 11 is 0. The number of β-amino-alcohol motifs (C(OH)–C–C–N with tert-alkyl or cyclic N) is 1. The van der Waals surface area contributed by atoms with Crippen LogP contribution in [0, 0.1) is 0 Å². The number of likely N-dealkylation sites (tertiary alicyclic amines) is 1. The van der Waals surface area contributed by atoms with E-state index in [4.69, 9.17) is 4.63 Å². The number of hydrogen-bond acceptors (Lipinski definition) is 7. The molecule has 0 unspecified atom stereocenters. The van der Waals surface area contributed by atoms with Crippen LogP contribution in [0.15, 0.2) is 22.8 Å². The van der Waals surface area contributed by atoms with Crippen LogP contribution in [0.2, 0.25) is 0 Å². The fourth-order valence-corrected chi connectivity index (χ4v) is 3.67. The first-order valence-electron chi connectivity index (χ1n) is 7.67. The van der Waals surface area contributed by atoms with Gasteiger partial charge in [0.2, 0.25) is 0 Å². The van der Waals surface area contributed by atoms with E-state index in [1.807, 2.05) is 18.2 Å². The van der Waals surface area contributed by atoms with Gasteiger partial charge in [-0.05, 0) is 28.4 Å². The molecular weight excluding hydrogens is 334 g/mol. The predicted molar refractivity (Wildman–Crippen MR) is 87.2 cm³/mol. The van der Waals surface area contributed by atoms with Gasteiger partial charge in [0, 0.05) is 33.7 Å². The molecule has 24 heavy (non-hydrogen) atoms. The molecule has 132 valence electrons. The molecule has 1 aliphatic rings. The zero-order valence-electron chi connectivity index (χ0n) is 13.6. The van der Waals surface area contributed by atoms with E-state index < -0.39 is 22.4 Å². The number of nitrogens with one attached hydrogen (secondary N) is 1. The lowest BCUT2D eigenvalue weighted by Crippen LogP contribution is -2.55. The summed E-state index contributed by atoms with van der Waals surface area (Å²) < 4.78 is 32.2. The number of hydrogen-bond donors (Lipinski definition) is 2. The van der Waals surface area contributed by atoms with E-state index in [1.165, 1.54) is 14.1 Å². The Kier molecular flexibility index (Phi) is 4.83. The molecule has 0 saturated carbocycles. The Morgan fingerprint density at radius 2 is 2.21 bits per heavy atom. The van der Waals surface area contributed by atoms with Crippen molar-refractivity contribution in [1.82, 2.24) is 24.2 Å². The topological polar surface area (TPSA) is 112 Å². The maximum atomic E-state index is 11.9. The number of benzene rings is 1. The van der Waals surface area contributed by atoms with Crippen molar-refractivity contribution in [3.05, 3.63) is 23.8 Å². The number of fused-ring (bicyclic) bond motifs is 1. The third-order valence-electron chi connectivity index (χ3n) is 4.21. The van der Waals surface area contributed by atoms with E-state index in [0.717, 1.165) is 9.87 Å². The molecule has 0 bridgehead atoms. The average molecular weight is 355 g/mol. The van der Waals surface area contributed by atoms with Crippen LogP contribution >= 0.6 is 0 Å². The molecule has 9 nitrogen and oxygen atoms in total. The summed E-state index contributed by atoms with van der Waals surface area (Å²) in [6, 6.07) is 5.17. The minimum Gasteiger partial charge on any atom is -0.390 e. The molecule has 1 aliphatic heterocycles. The summed E-state index contributed by atoms with van der Waals surface area (Å²) in [6.07, 6.45) is -0.246. The van der Waals surface area contributed by atoms with Gasteiger partial charge in [0.05, 0.1) is 12.1 Å². The molecule has 10 heteroatoms. The minimum atomic E-state index is -3.55. The average Bonchev–Trinajstić information content (AvgIpc) is 2.99. The second kappa shape index (κ2) is 6.73. The number of aliphatic hydroxyl groups excluding tert-OH is 1. The standard InChI is InChI=1S/C14H21N5O4S/c1-18(2)24(21,22)17-11-6-7-19(9-13(11)20)8-10-4-3-5-12-14(10)16-23-15-12/h3-5,11,13,17,20H,6-9H2,1-2H3/t11-,13-/m1/s1. The summed E-state index contributed by atoms with van der Waals surface area (Å²) in [4.78, 5) is 2.06. The Morgan fingerprint density at radius 3 is 2.92 bits per heavy atom. The number of aromatic nitrogens is 2. The van der Waals surface area contributed by atoms with Gasteiger partial charge in [-0.25, -0.2) is 4.63 Å². The summed E-state index contributed by atoms with van der Waals surface area (Å²) in [7, 11) is -0.645. The fourth-order valence-electron chi connectivity index (χ4n) is 2.81. The summed E-state index contributed by atoms with van der Waals surface area (Å²) in [6.45, 7) is 1.64. The summed E-state index contributed by atoms with van der Waals surface area (Å²) in [5, 5.41) is 18.0. The molecule has 1 saturated heterocycles. The van der Waals surface area contributed by atoms with Crippen LogP contribution in [0.3, 0.4) is 0 Å². The van der Waals surface area contributed by atoms with Gasteiger partial charge < -0.3 is 5.11 Å². The lowest BCUT2D eigenvalue weighted by molar-refractivity contribution is 0.0443. The van der Waals surface area contributed by atoms with Crippen LogP contribution in [-0.4, -0.2) is 72.4 Å². The Hall–Kier alpha value is -1.59. The molecule has 3 rings (SSSR count). The van der Waals surface area contributed by atoms with Crippen LogP contribution < -0.4 is 4.72 Å². The quantitative estimate of drug-likeness (QED) is 0.747. The first kappa shape index (κ1) is 17.2. The molecule has 2 aromatic rings. The molecule has 0 radical (unpaired) electrons. The van der Waals surface area contributed by atoms with Crippen LogP contribution in [0.25, 0.3) is 11.0 Å². The highest BCUT2D eigenvalue weighted by Gasteiger charge is 2.31. The van der Waals surface area contributed by atoms with E-state index in [0.29, 0.717) is 37.1 Å². The first-order valence-corrected chi connectivity index (χ1v) is 9.11. The number of aliphatic hydroxyl groups is 1. The SMILES string of the molecule is CN(C)S(=O)(=O)N[C@@H]1CCN(Cc2cccc3nonc23)C[C@H]1O. The lowest BCUT2D eigenvalue weighted by Gasteiger charge is -2.36. The van der Waals surface area contributed by atoms with Crippen LogP contribution in [0.4, 0.5) is 0 Å². The maximum absolute atomic E-state index is 11.9. The Balaban J connectivity index is 1.65. The van der Waals surface area contributed by atoms with E-state index in [-0.39, 0.29) is 0 Å². The smallest absolute Gasteiger partial charge is 0.279 e. The van der Waals surface area contributed by atoms with Crippen molar-refractivity contribution in [3.63, 3.8) is 0 Å². The Labute approximate surface area is 140 Å². The van der Waals surface area contributed by atoms with Crippen molar-refractivity contribution in [3.8, 4) is 0 Å². The molecule has 0 amide bonds. The second-order valence-corrected chi connectivity index (χ2v) is 8.07. The van der Waals surface area contributed by atoms with Gasteiger partial charge in [0.25, 0.3) is 10.2 Å². The van der Waals surface area contributed by atoms with E-state index in [2.05, 4.69) is 19.9 Å². The summed E-state index contributed by atoms with van der Waals surface area (Å²) in [5.41, 5.74) is 2.37. The van der Waals surface area contributed by atoms with Crippen LogP contribution in [-0.2, 0) is 16.8 Å². The molecular formula is C14H21N5O4S. The van der Waals surface area contributed by atoms with Gasteiger partial charge in [0.1, 0.15) is 11.0 Å². The van der Waals surface area contributed by atoms with Gasteiger partial charge >= 0.3 is 0 Å². The predicted octanol–water partition coefficient (Wildman–Crippen LogP) is -0.446. The zero-order chi connectivity index (χ0) is 17.3. The molecule has 2 N–H and O–H groups in total. The molecule has 1 fully saturated rings. The summed E-state index contributed by atoms with van der Waals surface area (Å²) in [5.74, 6) is 0. The van der Waals surface area contributed by atoms with Crippen molar-refractivity contribution < 1.29 is 18.2 Å². The van der Waals surface area contributed by atoms with Crippen LogP contribution in [0.5, 0.6) is 0 Å². The number of piperidine rings is 1. The van der Waals surface area contributed by atoms with E-state index >= 15 is 0 Å². The first-order chi connectivity index (χ1) is 11.4. The van der Waals surface area contributed by atoms with Gasteiger partial charge in [0.15, 0.2) is 0 Å². The highest BCUT2D eigenvalue weighted by molar-refractivity contribution is 7.87. The molecule has 2 atom stereocenters. The highest BCUT2D eigenvalue weighted by atomic mass is 32.2. The third kappa shape index (κ3) is 3.57. The van der Waals surface area contributed by atoms with Crippen molar-refractivity contribution in [2.24, 2.45) is 0 Å². The Morgan fingerprint density at radius 1 is 1.42 bits per heavy atom. The maximum Gasteiger partial charge on any atom is 0.279 e. The molecule has 1 aromatic heterocycles. The van der Waals surface area contributed by atoms with E-state index in [9.17, 15) is 13.5 Å². The molecule has 1 aromatic carbocycles. The van der Waals surface area contributed by atoms with Crippen molar-refractivity contribution in [2.45, 2.75) is 25.1 Å². The Bertz CT molecular complexity index is 806.